The molecule has 0 saturated carbocycles. The van der Waals surface area contributed by atoms with E-state index in [0.717, 1.165) is 17.0 Å². The fourth-order valence-electron chi connectivity index (χ4n) is 2.57. The lowest BCUT2D eigenvalue weighted by molar-refractivity contribution is -0.121. The zero-order valence-corrected chi connectivity index (χ0v) is 15.2. The van der Waals surface area contributed by atoms with Gasteiger partial charge in [-0.2, -0.15) is 5.10 Å². The summed E-state index contributed by atoms with van der Waals surface area (Å²) in [6.45, 7) is 7.45. The third kappa shape index (κ3) is 4.08. The van der Waals surface area contributed by atoms with Gasteiger partial charge in [-0.05, 0) is 50.6 Å². The third-order valence-electron chi connectivity index (χ3n) is 4.27. The highest BCUT2D eigenvalue weighted by atomic mass is 16.1. The molecule has 3 aromatic rings. The number of hydrogen-bond acceptors (Lipinski definition) is 5. The fraction of sp³-hybridized carbons (Fsp3) is 0.333. The molecule has 3 heterocycles. The number of nitrogens with one attached hydrogen (secondary N) is 2. The first-order chi connectivity index (χ1) is 12.5. The average Bonchev–Trinajstić information content (AvgIpc) is 3.23. The van der Waals surface area contributed by atoms with Crippen molar-refractivity contribution in [1.29, 1.82) is 0 Å². The number of nitrogens with zero attached hydrogens (tertiary/aromatic N) is 5. The minimum Gasteiger partial charge on any atom is -0.367 e. The molecule has 8 nitrogen and oxygen atoms in total. The van der Waals surface area contributed by atoms with Crippen molar-refractivity contribution in [3.63, 3.8) is 0 Å². The summed E-state index contributed by atoms with van der Waals surface area (Å²) in [6.07, 6.45) is 3.72. The van der Waals surface area contributed by atoms with Gasteiger partial charge in [0.1, 0.15) is 12.4 Å². The SMILES string of the molecule is Cc1nn(-c2ccc(NCCNC(=O)Cn3cccc3)nn2)c(C)c1C. The van der Waals surface area contributed by atoms with E-state index in [4.69, 9.17) is 0 Å². The van der Waals surface area contributed by atoms with Crippen molar-refractivity contribution in [2.75, 3.05) is 18.4 Å². The fourth-order valence-corrected chi connectivity index (χ4v) is 2.57. The molecule has 8 heteroatoms. The van der Waals surface area contributed by atoms with Gasteiger partial charge in [0.2, 0.25) is 5.91 Å². The number of carbonyl (C=O) groups is 1. The molecule has 26 heavy (non-hydrogen) atoms. The highest BCUT2D eigenvalue weighted by Gasteiger charge is 2.10. The normalized spacial score (nSPS) is 10.7. The number of carbonyl (C=O) groups excluding carboxylic acids is 1. The lowest BCUT2D eigenvalue weighted by Gasteiger charge is -2.08. The van der Waals surface area contributed by atoms with Crippen molar-refractivity contribution >= 4 is 11.7 Å². The Labute approximate surface area is 152 Å². The summed E-state index contributed by atoms with van der Waals surface area (Å²) in [5, 5.41) is 18.9. The van der Waals surface area contributed by atoms with E-state index in [9.17, 15) is 4.79 Å². The largest absolute Gasteiger partial charge is 0.367 e. The minimum atomic E-state index is -0.0238. The Kier molecular flexibility index (Phi) is 5.31. The van der Waals surface area contributed by atoms with Crippen LogP contribution in [0.5, 0.6) is 0 Å². The topological polar surface area (TPSA) is 89.7 Å². The highest BCUT2D eigenvalue weighted by Crippen LogP contribution is 2.15. The summed E-state index contributed by atoms with van der Waals surface area (Å²) < 4.78 is 3.62. The molecule has 0 aliphatic carbocycles. The van der Waals surface area contributed by atoms with Gasteiger partial charge >= 0.3 is 0 Å². The molecule has 1 amide bonds. The second-order valence-corrected chi connectivity index (χ2v) is 6.12. The summed E-state index contributed by atoms with van der Waals surface area (Å²) in [7, 11) is 0. The van der Waals surface area contributed by atoms with Crippen LogP contribution in [0.1, 0.15) is 17.0 Å². The standard InChI is InChI=1S/C18H23N7O/c1-13-14(2)23-25(15(13)3)17-7-6-16(21-22-17)19-8-9-20-18(26)12-24-10-4-5-11-24/h4-7,10-11H,8-9,12H2,1-3H3,(H,19,21)(H,20,26). The molecule has 0 aromatic carbocycles. The molecule has 0 unspecified atom stereocenters. The number of aromatic nitrogens is 5. The van der Waals surface area contributed by atoms with E-state index in [2.05, 4.69) is 25.9 Å². The van der Waals surface area contributed by atoms with Crippen LogP contribution in [0.2, 0.25) is 0 Å². The number of amides is 1. The van der Waals surface area contributed by atoms with Crippen LogP contribution in [0.15, 0.2) is 36.7 Å². The molecule has 0 fully saturated rings. The second kappa shape index (κ2) is 7.81. The molecule has 3 rings (SSSR count). The van der Waals surface area contributed by atoms with Gasteiger partial charge in [-0.15, -0.1) is 10.2 Å². The van der Waals surface area contributed by atoms with E-state index >= 15 is 0 Å². The number of anilines is 1. The van der Waals surface area contributed by atoms with E-state index in [1.807, 2.05) is 62.0 Å². The van der Waals surface area contributed by atoms with E-state index in [1.165, 1.54) is 0 Å². The van der Waals surface area contributed by atoms with Crippen LogP contribution in [-0.4, -0.2) is 43.5 Å². The molecule has 0 aliphatic heterocycles. The van der Waals surface area contributed by atoms with Crippen molar-refractivity contribution < 1.29 is 4.79 Å². The zero-order chi connectivity index (χ0) is 18.5. The van der Waals surface area contributed by atoms with Gasteiger partial charge in [0, 0.05) is 31.2 Å². The lowest BCUT2D eigenvalue weighted by Crippen LogP contribution is -2.31. The summed E-state index contributed by atoms with van der Waals surface area (Å²) in [6, 6.07) is 7.52. The van der Waals surface area contributed by atoms with Crippen molar-refractivity contribution in [2.45, 2.75) is 27.3 Å². The molecular formula is C18H23N7O. The van der Waals surface area contributed by atoms with Crippen LogP contribution in [0.3, 0.4) is 0 Å². The van der Waals surface area contributed by atoms with Gasteiger partial charge in [-0.1, -0.05) is 0 Å². The van der Waals surface area contributed by atoms with E-state index < -0.39 is 0 Å². The molecule has 0 aliphatic rings. The van der Waals surface area contributed by atoms with Gasteiger partial charge in [0.25, 0.3) is 0 Å². The first-order valence-corrected chi connectivity index (χ1v) is 8.53. The molecule has 0 atom stereocenters. The van der Waals surface area contributed by atoms with E-state index in [0.29, 0.717) is 31.3 Å². The molecular weight excluding hydrogens is 330 g/mol. The molecule has 0 spiro atoms. The lowest BCUT2D eigenvalue weighted by atomic mass is 10.2. The number of rotatable bonds is 7. The predicted molar refractivity (Wildman–Crippen MR) is 99.3 cm³/mol. The van der Waals surface area contributed by atoms with Gasteiger partial charge in [-0.3, -0.25) is 4.79 Å². The summed E-state index contributed by atoms with van der Waals surface area (Å²) in [5.41, 5.74) is 3.20. The maximum absolute atomic E-state index is 11.8. The van der Waals surface area contributed by atoms with Gasteiger partial charge in [0.15, 0.2) is 5.82 Å². The molecule has 136 valence electrons. The molecule has 2 N–H and O–H groups in total. The number of hydrogen-bond donors (Lipinski definition) is 2. The minimum absolute atomic E-state index is 0.0238. The van der Waals surface area contributed by atoms with Crippen LogP contribution in [0.4, 0.5) is 5.82 Å². The predicted octanol–water partition coefficient (Wildman–Crippen LogP) is 1.62. The Morgan fingerprint density at radius 3 is 2.46 bits per heavy atom. The molecule has 3 aromatic heterocycles. The Morgan fingerprint density at radius 2 is 1.85 bits per heavy atom. The average molecular weight is 353 g/mol. The van der Waals surface area contributed by atoms with Crippen molar-refractivity contribution in [2.24, 2.45) is 0 Å². The first kappa shape index (κ1) is 17.7. The van der Waals surface area contributed by atoms with Crippen molar-refractivity contribution in [3.05, 3.63) is 53.6 Å². The van der Waals surface area contributed by atoms with Gasteiger partial charge in [-0.25, -0.2) is 4.68 Å². The monoisotopic (exact) mass is 353 g/mol. The summed E-state index contributed by atoms with van der Waals surface area (Å²) in [4.78, 5) is 11.8. The van der Waals surface area contributed by atoms with Crippen molar-refractivity contribution in [3.8, 4) is 5.82 Å². The van der Waals surface area contributed by atoms with Crippen LogP contribution < -0.4 is 10.6 Å². The molecule has 0 saturated heterocycles. The maximum atomic E-state index is 11.8. The quantitative estimate of drug-likeness (QED) is 0.630. The van der Waals surface area contributed by atoms with Crippen LogP contribution >= 0.6 is 0 Å². The van der Waals surface area contributed by atoms with E-state index in [-0.39, 0.29) is 5.91 Å². The Hall–Kier alpha value is -3.16. The van der Waals surface area contributed by atoms with E-state index in [1.54, 1.807) is 4.68 Å². The van der Waals surface area contributed by atoms with Crippen LogP contribution in [-0.2, 0) is 11.3 Å². The smallest absolute Gasteiger partial charge is 0.239 e. The second-order valence-electron chi connectivity index (χ2n) is 6.12. The Morgan fingerprint density at radius 1 is 1.08 bits per heavy atom. The summed E-state index contributed by atoms with van der Waals surface area (Å²) in [5.74, 6) is 1.32. The zero-order valence-electron chi connectivity index (χ0n) is 15.2. The van der Waals surface area contributed by atoms with Crippen molar-refractivity contribution in [1.82, 2.24) is 29.9 Å². The van der Waals surface area contributed by atoms with Crippen LogP contribution in [0.25, 0.3) is 5.82 Å². The van der Waals surface area contributed by atoms with Gasteiger partial charge < -0.3 is 15.2 Å². The molecule has 0 radical (unpaired) electrons. The first-order valence-electron chi connectivity index (χ1n) is 8.53. The Balaban J connectivity index is 1.47. The third-order valence-corrected chi connectivity index (χ3v) is 4.27. The van der Waals surface area contributed by atoms with Gasteiger partial charge in [0.05, 0.1) is 5.69 Å². The molecule has 0 bridgehead atoms. The number of aryl methyl sites for hydroxylation is 1. The summed E-state index contributed by atoms with van der Waals surface area (Å²) >= 11 is 0. The maximum Gasteiger partial charge on any atom is 0.239 e. The Bertz CT molecular complexity index is 866. The van der Waals surface area contributed by atoms with Crippen LogP contribution in [0, 0.1) is 20.8 Å². The highest BCUT2D eigenvalue weighted by molar-refractivity contribution is 5.75.